The van der Waals surface area contributed by atoms with Crippen LogP contribution in [0.3, 0.4) is 0 Å². The Morgan fingerprint density at radius 3 is 2.51 bits per heavy atom. The zero-order chi connectivity index (χ0) is 26.7. The molecule has 2 saturated heterocycles. The number of nitrogens with zero attached hydrogens (tertiary/aromatic N) is 4. The summed E-state index contributed by atoms with van der Waals surface area (Å²) < 4.78 is 33.0. The number of benzene rings is 2. The Morgan fingerprint density at radius 2 is 1.86 bits per heavy atom. The molecule has 2 unspecified atom stereocenters. The molecule has 0 saturated carbocycles. The molecule has 2 aliphatic heterocycles. The molecule has 11 heteroatoms. The number of hydrogen-bond acceptors (Lipinski definition) is 5. The number of carbonyl (C=O) groups is 3. The summed E-state index contributed by atoms with van der Waals surface area (Å²) in [4.78, 5) is 42.8. The van der Waals surface area contributed by atoms with E-state index in [0.29, 0.717) is 18.6 Å². The Balaban J connectivity index is 1.58. The summed E-state index contributed by atoms with van der Waals surface area (Å²) in [6.07, 6.45) is 0.250. The zero-order valence-electron chi connectivity index (χ0n) is 21.1. The van der Waals surface area contributed by atoms with Crippen LogP contribution in [-0.2, 0) is 22.7 Å². The SMILES string of the molecule is CCCC1C(=O)N(Cc2ccc(F)cc2F)CC2N1C(=O)CN(C)N2C(=O)NCc1ccc(OC)cc1. The first-order chi connectivity index (χ1) is 17.7. The highest BCUT2D eigenvalue weighted by molar-refractivity contribution is 5.91. The fourth-order valence-electron chi connectivity index (χ4n) is 4.86. The molecule has 2 heterocycles. The van der Waals surface area contributed by atoms with Crippen LogP contribution in [0.25, 0.3) is 0 Å². The summed E-state index contributed by atoms with van der Waals surface area (Å²) in [6, 6.07) is 9.26. The van der Waals surface area contributed by atoms with Crippen LogP contribution in [0.5, 0.6) is 5.75 Å². The molecule has 1 N–H and O–H groups in total. The molecule has 2 aromatic rings. The topological polar surface area (TPSA) is 85.4 Å². The van der Waals surface area contributed by atoms with Gasteiger partial charge in [-0.3, -0.25) is 9.59 Å². The Bertz CT molecular complexity index is 1160. The van der Waals surface area contributed by atoms with Crippen LogP contribution in [0.1, 0.15) is 30.9 Å². The number of fused-ring (bicyclic) bond motifs is 1. The van der Waals surface area contributed by atoms with Crippen LogP contribution in [0.2, 0.25) is 0 Å². The van der Waals surface area contributed by atoms with Crippen molar-refractivity contribution in [3.8, 4) is 5.75 Å². The third kappa shape index (κ3) is 5.51. The summed E-state index contributed by atoms with van der Waals surface area (Å²) in [5, 5.41) is 5.85. The molecule has 0 spiro atoms. The van der Waals surface area contributed by atoms with E-state index in [1.165, 1.54) is 25.9 Å². The van der Waals surface area contributed by atoms with E-state index in [1.807, 2.05) is 19.1 Å². The van der Waals surface area contributed by atoms with Gasteiger partial charge >= 0.3 is 6.03 Å². The summed E-state index contributed by atoms with van der Waals surface area (Å²) in [6.45, 7) is 1.97. The van der Waals surface area contributed by atoms with Gasteiger partial charge in [-0.05, 0) is 30.2 Å². The van der Waals surface area contributed by atoms with Gasteiger partial charge in [-0.2, -0.15) is 0 Å². The fourth-order valence-corrected chi connectivity index (χ4v) is 4.86. The Labute approximate surface area is 214 Å². The molecule has 0 radical (unpaired) electrons. The number of amides is 4. The van der Waals surface area contributed by atoms with Gasteiger partial charge in [-0.15, -0.1) is 0 Å². The van der Waals surface area contributed by atoms with Gasteiger partial charge in [0.25, 0.3) is 0 Å². The van der Waals surface area contributed by atoms with Crippen molar-refractivity contribution in [3.05, 3.63) is 65.2 Å². The molecule has 0 aromatic heterocycles. The van der Waals surface area contributed by atoms with E-state index in [9.17, 15) is 23.2 Å². The lowest BCUT2D eigenvalue weighted by atomic mass is 10.0. The van der Waals surface area contributed by atoms with Crippen molar-refractivity contribution in [1.82, 2.24) is 25.1 Å². The van der Waals surface area contributed by atoms with Gasteiger partial charge in [0, 0.05) is 31.8 Å². The monoisotopic (exact) mass is 515 g/mol. The number of urea groups is 1. The lowest BCUT2D eigenvalue weighted by Gasteiger charge is -2.54. The van der Waals surface area contributed by atoms with Gasteiger partial charge in [0.05, 0.1) is 20.2 Å². The minimum Gasteiger partial charge on any atom is -0.497 e. The third-order valence-corrected chi connectivity index (χ3v) is 6.69. The molecule has 198 valence electrons. The maximum atomic E-state index is 14.4. The fraction of sp³-hybridized carbons (Fsp3) is 0.423. The normalized spacial score (nSPS) is 20.2. The van der Waals surface area contributed by atoms with Crippen molar-refractivity contribution in [2.45, 2.75) is 45.1 Å². The first kappa shape index (κ1) is 26.3. The van der Waals surface area contributed by atoms with Crippen molar-refractivity contribution in [2.75, 3.05) is 27.2 Å². The van der Waals surface area contributed by atoms with E-state index in [0.717, 1.165) is 17.7 Å². The number of methoxy groups -OCH3 is 1. The lowest BCUT2D eigenvalue weighted by Crippen LogP contribution is -2.75. The predicted molar refractivity (Wildman–Crippen MR) is 131 cm³/mol. The smallest absolute Gasteiger partial charge is 0.334 e. The van der Waals surface area contributed by atoms with Gasteiger partial charge in [0.1, 0.15) is 29.6 Å². The summed E-state index contributed by atoms with van der Waals surface area (Å²) >= 11 is 0. The van der Waals surface area contributed by atoms with E-state index in [-0.39, 0.29) is 43.6 Å². The second-order valence-corrected chi connectivity index (χ2v) is 9.21. The van der Waals surface area contributed by atoms with E-state index < -0.39 is 29.9 Å². The van der Waals surface area contributed by atoms with Gasteiger partial charge in [-0.25, -0.2) is 23.6 Å². The number of piperazine rings is 1. The summed E-state index contributed by atoms with van der Waals surface area (Å²) in [7, 11) is 3.21. The molecule has 37 heavy (non-hydrogen) atoms. The maximum Gasteiger partial charge on any atom is 0.334 e. The van der Waals surface area contributed by atoms with Gasteiger partial charge in [-0.1, -0.05) is 31.5 Å². The van der Waals surface area contributed by atoms with E-state index in [4.69, 9.17) is 4.74 Å². The molecular formula is C26H31F2N5O4. The Kier molecular flexibility index (Phi) is 7.91. The first-order valence-corrected chi connectivity index (χ1v) is 12.2. The van der Waals surface area contributed by atoms with Gasteiger partial charge in [0.2, 0.25) is 11.8 Å². The van der Waals surface area contributed by atoms with Crippen LogP contribution in [0, 0.1) is 11.6 Å². The van der Waals surface area contributed by atoms with Gasteiger partial charge in [0.15, 0.2) is 0 Å². The quantitative estimate of drug-likeness (QED) is 0.613. The Hall–Kier alpha value is -3.73. The largest absolute Gasteiger partial charge is 0.497 e. The van der Waals surface area contributed by atoms with Crippen LogP contribution >= 0.6 is 0 Å². The number of nitrogens with one attached hydrogen (secondary N) is 1. The number of hydrogen-bond donors (Lipinski definition) is 1. The van der Waals surface area contributed by atoms with Crippen molar-refractivity contribution < 1.29 is 27.9 Å². The zero-order valence-corrected chi connectivity index (χ0v) is 21.1. The second kappa shape index (κ2) is 11.1. The predicted octanol–water partition coefficient (Wildman–Crippen LogP) is 2.71. The molecule has 2 aromatic carbocycles. The molecule has 2 atom stereocenters. The molecular weight excluding hydrogens is 484 g/mol. The number of carbonyl (C=O) groups excluding carboxylic acids is 3. The minimum absolute atomic E-state index is 0.0120. The Morgan fingerprint density at radius 1 is 1.14 bits per heavy atom. The van der Waals surface area contributed by atoms with Crippen LogP contribution in [0.15, 0.2) is 42.5 Å². The van der Waals surface area contributed by atoms with Crippen LogP contribution < -0.4 is 10.1 Å². The second-order valence-electron chi connectivity index (χ2n) is 9.21. The molecule has 4 rings (SSSR count). The molecule has 0 aliphatic carbocycles. The summed E-state index contributed by atoms with van der Waals surface area (Å²) in [5.74, 6) is -1.34. The average molecular weight is 516 g/mol. The summed E-state index contributed by atoms with van der Waals surface area (Å²) in [5.41, 5.74) is 1.02. The molecule has 9 nitrogen and oxygen atoms in total. The van der Waals surface area contributed by atoms with Crippen molar-refractivity contribution in [2.24, 2.45) is 0 Å². The highest BCUT2D eigenvalue weighted by atomic mass is 19.1. The van der Waals surface area contributed by atoms with Gasteiger partial charge < -0.3 is 19.9 Å². The van der Waals surface area contributed by atoms with E-state index in [1.54, 1.807) is 26.3 Å². The van der Waals surface area contributed by atoms with Crippen molar-refractivity contribution >= 4 is 17.8 Å². The number of halogens is 2. The van der Waals surface area contributed by atoms with E-state index >= 15 is 0 Å². The van der Waals surface area contributed by atoms with Crippen LogP contribution in [0.4, 0.5) is 13.6 Å². The number of ether oxygens (including phenoxy) is 1. The molecule has 0 bridgehead atoms. The van der Waals surface area contributed by atoms with Crippen molar-refractivity contribution in [3.63, 3.8) is 0 Å². The number of rotatable bonds is 7. The van der Waals surface area contributed by atoms with E-state index in [2.05, 4.69) is 5.32 Å². The number of likely N-dealkylation sites (N-methyl/N-ethyl adjacent to an activating group) is 1. The maximum absolute atomic E-state index is 14.4. The molecule has 4 amide bonds. The average Bonchev–Trinajstić information content (AvgIpc) is 2.87. The highest BCUT2D eigenvalue weighted by Crippen LogP contribution is 2.29. The molecule has 2 fully saturated rings. The molecule has 2 aliphatic rings. The number of hydrazine groups is 1. The third-order valence-electron chi connectivity index (χ3n) is 6.69. The van der Waals surface area contributed by atoms with Crippen LogP contribution in [-0.4, -0.2) is 77.1 Å². The highest BCUT2D eigenvalue weighted by Gasteiger charge is 2.50. The lowest BCUT2D eigenvalue weighted by molar-refractivity contribution is -0.188. The first-order valence-electron chi connectivity index (χ1n) is 12.2. The minimum atomic E-state index is -0.787. The standard InChI is InChI=1S/C26H31F2N5O4/c1-4-5-22-25(35)31(14-18-8-9-19(27)12-21(18)28)15-23-32(22)24(34)16-30(2)33(23)26(36)29-13-17-6-10-20(37-3)11-7-17/h6-12,22-23H,4-5,13-16H2,1-3H3,(H,29,36). The van der Waals surface area contributed by atoms with Crippen molar-refractivity contribution in [1.29, 1.82) is 0 Å².